The van der Waals surface area contributed by atoms with Crippen LogP contribution in [-0.4, -0.2) is 30.2 Å². The molecule has 0 amide bonds. The number of para-hydroxylation sites is 1. The molecule has 1 aromatic rings. The molecule has 98 valence electrons. The van der Waals surface area contributed by atoms with Crippen LogP contribution in [0.25, 0.3) is 0 Å². The van der Waals surface area contributed by atoms with Crippen molar-refractivity contribution in [3.63, 3.8) is 0 Å². The quantitative estimate of drug-likeness (QED) is 0.621. The van der Waals surface area contributed by atoms with Crippen LogP contribution in [0.1, 0.15) is 18.4 Å². The monoisotopic (exact) mass is 258 g/mol. The van der Waals surface area contributed by atoms with Gasteiger partial charge in [-0.25, -0.2) is 0 Å². The fourth-order valence-electron chi connectivity index (χ4n) is 2.17. The number of oxime groups is 1. The SMILES string of the molecule is O/N=C1/CCCN(CC(F)(F)F)c2ccccc21. The number of halogens is 3. The zero-order chi connectivity index (χ0) is 13.2. The lowest BCUT2D eigenvalue weighted by Crippen LogP contribution is -2.34. The molecule has 1 heterocycles. The van der Waals surface area contributed by atoms with Crippen LogP contribution in [0.3, 0.4) is 0 Å². The van der Waals surface area contributed by atoms with Crippen molar-refractivity contribution < 1.29 is 18.4 Å². The summed E-state index contributed by atoms with van der Waals surface area (Å²) in [6.07, 6.45) is -3.24. The molecule has 18 heavy (non-hydrogen) atoms. The van der Waals surface area contributed by atoms with Gasteiger partial charge in [-0.1, -0.05) is 23.4 Å². The molecule has 0 unspecified atom stereocenters. The molecule has 0 aromatic heterocycles. The Morgan fingerprint density at radius 2 is 2.00 bits per heavy atom. The first-order chi connectivity index (χ1) is 8.51. The summed E-state index contributed by atoms with van der Waals surface area (Å²) in [5, 5.41) is 12.1. The van der Waals surface area contributed by atoms with E-state index >= 15 is 0 Å². The van der Waals surface area contributed by atoms with Gasteiger partial charge in [-0.05, 0) is 18.9 Å². The second-order valence-corrected chi connectivity index (χ2v) is 4.20. The van der Waals surface area contributed by atoms with Gasteiger partial charge in [-0.3, -0.25) is 0 Å². The first kappa shape index (κ1) is 12.7. The third-order valence-electron chi connectivity index (χ3n) is 2.89. The van der Waals surface area contributed by atoms with E-state index in [1.165, 1.54) is 4.90 Å². The average Bonchev–Trinajstić information content (AvgIpc) is 2.47. The Balaban J connectivity index is 2.39. The van der Waals surface area contributed by atoms with E-state index < -0.39 is 12.7 Å². The number of benzene rings is 1. The van der Waals surface area contributed by atoms with Crippen LogP contribution >= 0.6 is 0 Å². The van der Waals surface area contributed by atoms with Crippen molar-refractivity contribution >= 4 is 11.4 Å². The zero-order valence-electron chi connectivity index (χ0n) is 9.61. The summed E-state index contributed by atoms with van der Waals surface area (Å²) < 4.78 is 37.6. The minimum atomic E-state index is -4.24. The highest BCUT2D eigenvalue weighted by molar-refractivity contribution is 6.05. The van der Waals surface area contributed by atoms with Gasteiger partial charge in [0.25, 0.3) is 0 Å². The van der Waals surface area contributed by atoms with Gasteiger partial charge in [0.05, 0.1) is 5.71 Å². The molecule has 0 atom stereocenters. The molecule has 6 heteroatoms. The van der Waals surface area contributed by atoms with Gasteiger partial charge < -0.3 is 10.1 Å². The highest BCUT2D eigenvalue weighted by atomic mass is 19.4. The Bertz CT molecular complexity index is 457. The molecule has 1 aliphatic heterocycles. The van der Waals surface area contributed by atoms with Gasteiger partial charge in [-0.15, -0.1) is 0 Å². The summed E-state index contributed by atoms with van der Waals surface area (Å²) >= 11 is 0. The molecule has 0 saturated carbocycles. The fraction of sp³-hybridized carbons (Fsp3) is 0.417. The first-order valence-corrected chi connectivity index (χ1v) is 5.63. The molecule has 1 aliphatic rings. The van der Waals surface area contributed by atoms with Gasteiger partial charge in [-0.2, -0.15) is 13.2 Å². The standard InChI is InChI=1S/C12H13F3N2O/c13-12(14,15)8-17-7-3-5-10(16-18)9-4-1-2-6-11(9)17/h1-2,4,6,18H,3,5,7-8H2/b16-10-. The second kappa shape index (κ2) is 4.88. The maximum Gasteiger partial charge on any atom is 0.405 e. The minimum absolute atomic E-state index is 0.301. The first-order valence-electron chi connectivity index (χ1n) is 5.63. The Kier molecular flexibility index (Phi) is 3.45. The number of hydrogen-bond acceptors (Lipinski definition) is 3. The van der Waals surface area contributed by atoms with Crippen LogP contribution in [0.2, 0.25) is 0 Å². The Morgan fingerprint density at radius 1 is 1.28 bits per heavy atom. The van der Waals surface area contributed by atoms with Crippen molar-refractivity contribution in [1.82, 2.24) is 0 Å². The third-order valence-corrected chi connectivity index (χ3v) is 2.89. The summed E-state index contributed by atoms with van der Waals surface area (Å²) in [5.41, 5.74) is 1.48. The van der Waals surface area contributed by atoms with Gasteiger partial charge in [0.1, 0.15) is 6.54 Å². The molecule has 0 spiro atoms. The number of fused-ring (bicyclic) bond motifs is 1. The van der Waals surface area contributed by atoms with E-state index in [0.29, 0.717) is 36.3 Å². The van der Waals surface area contributed by atoms with Crippen molar-refractivity contribution in [1.29, 1.82) is 0 Å². The Labute approximate surface area is 103 Å². The fourth-order valence-corrected chi connectivity index (χ4v) is 2.17. The molecular weight excluding hydrogens is 245 g/mol. The number of nitrogens with zero attached hydrogens (tertiary/aromatic N) is 2. The van der Waals surface area contributed by atoms with Crippen LogP contribution in [-0.2, 0) is 0 Å². The van der Waals surface area contributed by atoms with Crippen molar-refractivity contribution in [2.75, 3.05) is 18.0 Å². The van der Waals surface area contributed by atoms with E-state index in [0.717, 1.165) is 0 Å². The second-order valence-electron chi connectivity index (χ2n) is 4.20. The predicted octanol–water partition coefficient (Wildman–Crippen LogP) is 3.03. The van der Waals surface area contributed by atoms with E-state index in [1.807, 2.05) is 0 Å². The van der Waals surface area contributed by atoms with Crippen molar-refractivity contribution in [2.24, 2.45) is 5.16 Å². The molecule has 0 aliphatic carbocycles. The molecule has 1 N–H and O–H groups in total. The lowest BCUT2D eigenvalue weighted by atomic mass is 10.1. The maximum absolute atomic E-state index is 12.5. The molecule has 0 radical (unpaired) electrons. The summed E-state index contributed by atoms with van der Waals surface area (Å²) in [6.45, 7) is -0.682. The summed E-state index contributed by atoms with van der Waals surface area (Å²) in [7, 11) is 0. The molecule has 3 nitrogen and oxygen atoms in total. The molecule has 1 aromatic carbocycles. The summed E-state index contributed by atoms with van der Waals surface area (Å²) in [5.74, 6) is 0. The molecular formula is C12H13F3N2O. The largest absolute Gasteiger partial charge is 0.411 e. The maximum atomic E-state index is 12.5. The zero-order valence-corrected chi connectivity index (χ0v) is 9.61. The van der Waals surface area contributed by atoms with Gasteiger partial charge in [0, 0.05) is 17.8 Å². The number of rotatable bonds is 1. The van der Waals surface area contributed by atoms with Crippen molar-refractivity contribution in [3.8, 4) is 0 Å². The smallest absolute Gasteiger partial charge is 0.405 e. The number of hydrogen-bond donors (Lipinski definition) is 1. The van der Waals surface area contributed by atoms with Crippen LogP contribution in [0.4, 0.5) is 18.9 Å². The molecule has 0 fully saturated rings. The topological polar surface area (TPSA) is 35.8 Å². The van der Waals surface area contributed by atoms with Crippen LogP contribution in [0.5, 0.6) is 0 Å². The summed E-state index contributed by atoms with van der Waals surface area (Å²) in [4.78, 5) is 1.29. The normalized spacial score (nSPS) is 18.6. The average molecular weight is 258 g/mol. The van der Waals surface area contributed by atoms with Crippen LogP contribution in [0, 0.1) is 0 Å². The van der Waals surface area contributed by atoms with Gasteiger partial charge >= 0.3 is 6.18 Å². The van der Waals surface area contributed by atoms with Crippen LogP contribution < -0.4 is 4.90 Å². The van der Waals surface area contributed by atoms with E-state index in [4.69, 9.17) is 5.21 Å². The lowest BCUT2D eigenvalue weighted by molar-refractivity contribution is -0.119. The molecule has 0 bridgehead atoms. The van der Waals surface area contributed by atoms with E-state index in [2.05, 4.69) is 5.16 Å². The lowest BCUT2D eigenvalue weighted by Gasteiger charge is -2.25. The van der Waals surface area contributed by atoms with Gasteiger partial charge in [0.2, 0.25) is 0 Å². The summed E-state index contributed by atoms with van der Waals surface area (Å²) in [6, 6.07) is 6.71. The van der Waals surface area contributed by atoms with Crippen molar-refractivity contribution in [2.45, 2.75) is 19.0 Å². The van der Waals surface area contributed by atoms with Crippen molar-refractivity contribution in [3.05, 3.63) is 29.8 Å². The third kappa shape index (κ3) is 2.75. The van der Waals surface area contributed by atoms with E-state index in [1.54, 1.807) is 24.3 Å². The number of alkyl halides is 3. The predicted molar refractivity (Wildman–Crippen MR) is 62.3 cm³/mol. The van der Waals surface area contributed by atoms with Gasteiger partial charge in [0.15, 0.2) is 0 Å². The van der Waals surface area contributed by atoms with Crippen LogP contribution in [0.15, 0.2) is 29.4 Å². The highest BCUT2D eigenvalue weighted by Gasteiger charge is 2.32. The van der Waals surface area contributed by atoms with E-state index in [9.17, 15) is 13.2 Å². The minimum Gasteiger partial charge on any atom is -0.411 e. The Morgan fingerprint density at radius 3 is 2.67 bits per heavy atom. The highest BCUT2D eigenvalue weighted by Crippen LogP contribution is 2.29. The van der Waals surface area contributed by atoms with E-state index in [-0.39, 0.29) is 0 Å². The Hall–Kier alpha value is -1.72. The molecule has 2 rings (SSSR count). The molecule has 0 saturated heterocycles. The number of anilines is 1.